The zero-order chi connectivity index (χ0) is 22.7. The fraction of sp³-hybridized carbons (Fsp3) is 0.125. The molecule has 0 amide bonds. The van der Waals surface area contributed by atoms with Gasteiger partial charge < -0.3 is 24.9 Å². The van der Waals surface area contributed by atoms with E-state index in [2.05, 4.69) is 4.98 Å². The smallest absolute Gasteiger partial charge is 0.236 e. The Morgan fingerprint density at radius 3 is 1.12 bits per heavy atom. The first-order chi connectivity index (χ1) is 15.4. The van der Waals surface area contributed by atoms with Crippen LogP contribution in [0.25, 0.3) is 0 Å². The lowest BCUT2D eigenvalue weighted by atomic mass is 10.3. The highest BCUT2D eigenvalue weighted by molar-refractivity contribution is 5.65. The maximum absolute atomic E-state index is 9.62. The summed E-state index contributed by atoms with van der Waals surface area (Å²) in [5, 5.41) is 19.2. The van der Waals surface area contributed by atoms with E-state index in [1.807, 2.05) is 66.2 Å². The zero-order valence-electron chi connectivity index (χ0n) is 18.1. The number of benzene rings is 3. The molecule has 0 aliphatic carbocycles. The predicted octanol–water partition coefficient (Wildman–Crippen LogP) is 4.59. The average Bonchev–Trinajstić information content (AvgIpc) is 2.84. The van der Waals surface area contributed by atoms with Gasteiger partial charge in [-0.05, 0) is 60.7 Å². The Kier molecular flexibility index (Phi) is 5.76. The molecule has 2 N–H and O–H groups in total. The molecule has 0 unspecified atom stereocenters. The fourth-order valence-corrected chi connectivity index (χ4v) is 3.14. The summed E-state index contributed by atoms with van der Waals surface area (Å²) >= 11 is 0. The molecule has 0 spiro atoms. The normalized spacial score (nSPS) is 10.6. The van der Waals surface area contributed by atoms with Crippen molar-refractivity contribution in [2.45, 2.75) is 0 Å². The van der Waals surface area contributed by atoms with Crippen LogP contribution in [0.2, 0.25) is 0 Å². The molecule has 0 aliphatic rings. The fourth-order valence-electron chi connectivity index (χ4n) is 3.14. The molecule has 3 aromatic carbocycles. The molecule has 162 valence electrons. The summed E-state index contributed by atoms with van der Waals surface area (Å²) in [5.74, 6) is 1.76. The molecule has 1 heterocycles. The van der Waals surface area contributed by atoms with Gasteiger partial charge in [0.2, 0.25) is 17.8 Å². The number of phenols is 2. The minimum atomic E-state index is 0.190. The first-order valence-electron chi connectivity index (χ1n) is 10.0. The first-order valence-corrected chi connectivity index (χ1v) is 10.0. The number of rotatable bonds is 6. The van der Waals surface area contributed by atoms with Gasteiger partial charge in [-0.2, -0.15) is 15.0 Å². The summed E-state index contributed by atoms with van der Waals surface area (Å²) in [4.78, 5) is 19.6. The molecule has 4 rings (SSSR count). The summed E-state index contributed by atoms with van der Waals surface area (Å²) < 4.78 is 0. The van der Waals surface area contributed by atoms with Crippen LogP contribution in [-0.4, -0.2) is 46.3 Å². The lowest BCUT2D eigenvalue weighted by molar-refractivity contribution is 0.475. The lowest BCUT2D eigenvalue weighted by Crippen LogP contribution is -2.22. The van der Waals surface area contributed by atoms with Crippen molar-refractivity contribution in [1.29, 1.82) is 0 Å². The van der Waals surface area contributed by atoms with Crippen molar-refractivity contribution in [3.8, 4) is 11.5 Å². The van der Waals surface area contributed by atoms with Gasteiger partial charge in [0.05, 0.1) is 0 Å². The molecule has 32 heavy (non-hydrogen) atoms. The van der Waals surface area contributed by atoms with E-state index in [-0.39, 0.29) is 11.5 Å². The minimum absolute atomic E-state index is 0.190. The highest BCUT2D eigenvalue weighted by atomic mass is 16.3. The van der Waals surface area contributed by atoms with Crippen LogP contribution >= 0.6 is 0 Å². The summed E-state index contributed by atoms with van der Waals surface area (Å²) in [6.07, 6.45) is 0. The van der Waals surface area contributed by atoms with Crippen LogP contribution in [0.4, 0.5) is 34.9 Å². The average molecular weight is 428 g/mol. The van der Waals surface area contributed by atoms with Crippen molar-refractivity contribution in [2.75, 3.05) is 35.8 Å². The third-order valence-electron chi connectivity index (χ3n) is 5.12. The highest BCUT2D eigenvalue weighted by Gasteiger charge is 2.18. The van der Waals surface area contributed by atoms with Crippen molar-refractivity contribution in [3.05, 3.63) is 78.9 Å². The predicted molar refractivity (Wildman–Crippen MR) is 127 cm³/mol. The van der Waals surface area contributed by atoms with Crippen LogP contribution in [-0.2, 0) is 0 Å². The van der Waals surface area contributed by atoms with Gasteiger partial charge in [0.15, 0.2) is 0 Å². The molecule has 0 bridgehead atoms. The second kappa shape index (κ2) is 8.81. The van der Waals surface area contributed by atoms with Gasteiger partial charge in [-0.1, -0.05) is 18.2 Å². The van der Waals surface area contributed by atoms with Gasteiger partial charge >= 0.3 is 0 Å². The highest BCUT2D eigenvalue weighted by Crippen LogP contribution is 2.30. The molecule has 8 heteroatoms. The standard InChI is InChI=1S/C24H24N6O2/c1-28(17-7-5-4-6-8-17)22-25-23(29(2)18-9-13-20(31)14-10-18)27-24(26-22)30(3)19-11-15-21(32)16-12-19/h4-16,31-32H,1-3H3. The second-order valence-corrected chi connectivity index (χ2v) is 7.28. The number of aromatic nitrogens is 3. The minimum Gasteiger partial charge on any atom is -0.508 e. The van der Waals surface area contributed by atoms with Gasteiger partial charge in [0.25, 0.3) is 0 Å². The van der Waals surface area contributed by atoms with Crippen molar-refractivity contribution >= 4 is 34.9 Å². The molecule has 0 fully saturated rings. The Hall–Kier alpha value is -4.33. The van der Waals surface area contributed by atoms with Gasteiger partial charge in [-0.15, -0.1) is 0 Å². The third-order valence-corrected chi connectivity index (χ3v) is 5.12. The summed E-state index contributed by atoms with van der Waals surface area (Å²) in [5.41, 5.74) is 2.58. The molecule has 0 saturated heterocycles. The topological polar surface area (TPSA) is 88.9 Å². The number of aromatic hydroxyl groups is 2. The van der Waals surface area contributed by atoms with Crippen LogP contribution in [0.5, 0.6) is 11.5 Å². The Balaban J connectivity index is 1.79. The van der Waals surface area contributed by atoms with E-state index in [0.717, 1.165) is 17.1 Å². The van der Waals surface area contributed by atoms with Crippen LogP contribution in [0.3, 0.4) is 0 Å². The second-order valence-electron chi connectivity index (χ2n) is 7.28. The zero-order valence-corrected chi connectivity index (χ0v) is 18.1. The van der Waals surface area contributed by atoms with Crippen molar-refractivity contribution < 1.29 is 10.2 Å². The summed E-state index contributed by atoms with van der Waals surface area (Å²) in [6.45, 7) is 0. The molecule has 8 nitrogen and oxygen atoms in total. The SMILES string of the molecule is CN(c1ccccc1)c1nc(N(C)c2ccc(O)cc2)nc(N(C)c2ccc(O)cc2)n1. The quantitative estimate of drug-likeness (QED) is 0.461. The Bertz CT molecular complexity index is 1110. The number of hydrogen-bond donors (Lipinski definition) is 2. The largest absolute Gasteiger partial charge is 0.508 e. The van der Waals surface area contributed by atoms with Crippen LogP contribution < -0.4 is 14.7 Å². The molecule has 1 aromatic heterocycles. The molecule has 4 aromatic rings. The van der Waals surface area contributed by atoms with Crippen LogP contribution in [0.15, 0.2) is 78.9 Å². The number of para-hydroxylation sites is 1. The van der Waals surface area contributed by atoms with E-state index in [9.17, 15) is 10.2 Å². The van der Waals surface area contributed by atoms with Gasteiger partial charge in [-0.3, -0.25) is 0 Å². The van der Waals surface area contributed by atoms with E-state index in [4.69, 9.17) is 9.97 Å². The van der Waals surface area contributed by atoms with E-state index < -0.39 is 0 Å². The molecule has 0 atom stereocenters. The third kappa shape index (κ3) is 4.39. The maximum atomic E-state index is 9.62. The van der Waals surface area contributed by atoms with Gasteiger partial charge in [0.1, 0.15) is 11.5 Å². The molecular weight excluding hydrogens is 404 g/mol. The van der Waals surface area contributed by atoms with E-state index in [1.54, 1.807) is 48.5 Å². The molecular formula is C24H24N6O2. The Morgan fingerprint density at radius 2 is 0.781 bits per heavy atom. The number of hydrogen-bond acceptors (Lipinski definition) is 8. The lowest BCUT2D eigenvalue weighted by Gasteiger charge is -2.24. The number of phenolic OH excluding ortho intramolecular Hbond substituents is 2. The molecule has 0 radical (unpaired) electrons. The van der Waals surface area contributed by atoms with E-state index in [0.29, 0.717) is 17.8 Å². The van der Waals surface area contributed by atoms with Gasteiger partial charge in [0, 0.05) is 38.2 Å². The van der Waals surface area contributed by atoms with Crippen molar-refractivity contribution in [3.63, 3.8) is 0 Å². The first kappa shape index (κ1) is 20.9. The van der Waals surface area contributed by atoms with Crippen LogP contribution in [0.1, 0.15) is 0 Å². The van der Waals surface area contributed by atoms with E-state index >= 15 is 0 Å². The van der Waals surface area contributed by atoms with Crippen molar-refractivity contribution in [1.82, 2.24) is 15.0 Å². The molecule has 0 aliphatic heterocycles. The van der Waals surface area contributed by atoms with Gasteiger partial charge in [-0.25, -0.2) is 0 Å². The molecule has 0 saturated carbocycles. The number of nitrogens with zero attached hydrogens (tertiary/aromatic N) is 6. The monoisotopic (exact) mass is 428 g/mol. The Morgan fingerprint density at radius 1 is 0.469 bits per heavy atom. The van der Waals surface area contributed by atoms with Crippen LogP contribution in [0, 0.1) is 0 Å². The summed E-state index contributed by atoms with van der Waals surface area (Å²) in [6, 6.07) is 23.5. The Labute approximate surface area is 186 Å². The maximum Gasteiger partial charge on any atom is 0.236 e. The number of anilines is 6. The van der Waals surface area contributed by atoms with Crippen molar-refractivity contribution in [2.24, 2.45) is 0 Å². The summed E-state index contributed by atoms with van der Waals surface area (Å²) in [7, 11) is 5.62. The van der Waals surface area contributed by atoms with E-state index in [1.165, 1.54) is 0 Å².